The van der Waals surface area contributed by atoms with Crippen molar-refractivity contribution in [2.75, 3.05) is 18.7 Å². The molecule has 3 rings (SSSR count). The normalized spacial score (nSPS) is 11.8. The van der Waals surface area contributed by atoms with Crippen LogP contribution in [0.5, 0.6) is 5.75 Å². The number of carbonyl (C=O) groups excluding carboxylic acids is 2. The number of anilines is 1. The van der Waals surface area contributed by atoms with Crippen LogP contribution in [0.1, 0.15) is 12.7 Å². The summed E-state index contributed by atoms with van der Waals surface area (Å²) in [6.07, 6.45) is 1.03. The summed E-state index contributed by atoms with van der Waals surface area (Å²) in [4.78, 5) is 29.5. The zero-order chi connectivity index (χ0) is 20.8. The molecule has 0 aliphatic rings. The number of fused-ring (bicyclic) bond motifs is 1. The predicted molar refractivity (Wildman–Crippen MR) is 114 cm³/mol. The smallest absolute Gasteiger partial charge is 0.326 e. The molecule has 152 valence electrons. The van der Waals surface area contributed by atoms with Gasteiger partial charge in [0.25, 0.3) is 5.91 Å². The maximum atomic E-state index is 12.5. The predicted octanol–water partition coefficient (Wildman–Crippen LogP) is 3.48. The van der Waals surface area contributed by atoms with E-state index in [9.17, 15) is 9.59 Å². The molecule has 3 aromatic rings. The fourth-order valence-corrected chi connectivity index (χ4v) is 3.42. The van der Waals surface area contributed by atoms with Crippen LogP contribution in [0.2, 0.25) is 0 Å². The van der Waals surface area contributed by atoms with Crippen LogP contribution in [0.15, 0.2) is 48.5 Å². The summed E-state index contributed by atoms with van der Waals surface area (Å²) in [6, 6.07) is 14.7. The first kappa shape index (κ1) is 20.7. The van der Waals surface area contributed by atoms with Crippen molar-refractivity contribution in [2.45, 2.75) is 25.3 Å². The molecule has 0 radical (unpaired) electrons. The van der Waals surface area contributed by atoms with Crippen molar-refractivity contribution < 1.29 is 19.1 Å². The van der Waals surface area contributed by atoms with Crippen LogP contribution in [-0.4, -0.2) is 40.9 Å². The number of benzene rings is 2. The second-order valence-electron chi connectivity index (χ2n) is 6.36. The molecular weight excluding hydrogens is 390 g/mol. The van der Waals surface area contributed by atoms with Gasteiger partial charge in [-0.25, -0.2) is 4.98 Å². The zero-order valence-corrected chi connectivity index (χ0v) is 17.4. The van der Waals surface area contributed by atoms with E-state index in [2.05, 4.69) is 10.3 Å². The second-order valence-corrected chi connectivity index (χ2v) is 7.22. The van der Waals surface area contributed by atoms with Gasteiger partial charge in [-0.05, 0) is 37.4 Å². The highest BCUT2D eigenvalue weighted by atomic mass is 32.2. The van der Waals surface area contributed by atoms with E-state index in [1.165, 1.54) is 14.0 Å². The monoisotopic (exact) mass is 413 g/mol. The average Bonchev–Trinajstić information content (AvgIpc) is 3.05. The summed E-state index contributed by atoms with van der Waals surface area (Å²) < 4.78 is 12.4. The maximum Gasteiger partial charge on any atom is 0.326 e. The number of aromatic nitrogens is 2. The van der Waals surface area contributed by atoms with Crippen molar-refractivity contribution in [3.8, 4) is 5.75 Å². The Bertz CT molecular complexity index is 1020. The lowest BCUT2D eigenvalue weighted by Crippen LogP contribution is -2.31. The van der Waals surface area contributed by atoms with Crippen molar-refractivity contribution in [1.82, 2.24) is 9.55 Å². The summed E-state index contributed by atoms with van der Waals surface area (Å²) in [5.41, 5.74) is 2.21. The summed E-state index contributed by atoms with van der Waals surface area (Å²) >= 11 is 1.62. The highest BCUT2D eigenvalue weighted by Gasteiger charge is 2.21. The van der Waals surface area contributed by atoms with Gasteiger partial charge in [-0.2, -0.15) is 11.8 Å². The Morgan fingerprint density at radius 3 is 2.66 bits per heavy atom. The van der Waals surface area contributed by atoms with E-state index in [4.69, 9.17) is 9.47 Å². The molecule has 1 amide bonds. The van der Waals surface area contributed by atoms with E-state index >= 15 is 0 Å². The van der Waals surface area contributed by atoms with Gasteiger partial charge < -0.3 is 19.4 Å². The van der Waals surface area contributed by atoms with Gasteiger partial charge in [-0.1, -0.05) is 24.3 Å². The minimum Gasteiger partial charge on any atom is -0.495 e. The van der Waals surface area contributed by atoms with Gasteiger partial charge in [0, 0.05) is 0 Å². The third kappa shape index (κ3) is 4.89. The lowest BCUT2D eigenvalue weighted by molar-refractivity contribution is -0.153. The number of methoxy groups -OCH3 is 1. The fraction of sp³-hybridized carbons (Fsp3) is 0.286. The molecule has 1 N–H and O–H groups in total. The van der Waals surface area contributed by atoms with E-state index < -0.39 is 18.0 Å². The van der Waals surface area contributed by atoms with Crippen LogP contribution >= 0.6 is 11.8 Å². The molecule has 0 spiro atoms. The number of esters is 1. The van der Waals surface area contributed by atoms with Crippen molar-refractivity contribution >= 4 is 40.4 Å². The molecule has 29 heavy (non-hydrogen) atoms. The third-order valence-electron chi connectivity index (χ3n) is 4.34. The van der Waals surface area contributed by atoms with Gasteiger partial charge in [0.1, 0.15) is 18.1 Å². The van der Waals surface area contributed by atoms with Gasteiger partial charge in [0.15, 0.2) is 6.10 Å². The number of imidazole rings is 1. The molecule has 7 nitrogen and oxygen atoms in total. The van der Waals surface area contributed by atoms with Crippen LogP contribution < -0.4 is 10.1 Å². The number of thioether (sulfide) groups is 1. The second kappa shape index (κ2) is 9.47. The number of hydrogen-bond donors (Lipinski definition) is 1. The molecule has 0 fully saturated rings. The Balaban J connectivity index is 1.68. The molecule has 2 aromatic carbocycles. The molecule has 0 aliphatic heterocycles. The highest BCUT2D eigenvalue weighted by molar-refractivity contribution is 7.97. The minimum absolute atomic E-state index is 0.0112. The van der Waals surface area contributed by atoms with Crippen LogP contribution in [0.25, 0.3) is 11.0 Å². The van der Waals surface area contributed by atoms with E-state index in [1.807, 2.05) is 35.1 Å². The first-order valence-corrected chi connectivity index (χ1v) is 10.5. The van der Waals surface area contributed by atoms with E-state index in [-0.39, 0.29) is 6.54 Å². The summed E-state index contributed by atoms with van der Waals surface area (Å²) in [7, 11) is 1.52. The number of carbonyl (C=O) groups is 2. The Morgan fingerprint density at radius 2 is 1.90 bits per heavy atom. The summed E-state index contributed by atoms with van der Waals surface area (Å²) in [5, 5.41) is 2.72. The molecule has 0 saturated carbocycles. The van der Waals surface area contributed by atoms with Gasteiger partial charge in [0.05, 0.1) is 29.6 Å². The van der Waals surface area contributed by atoms with Crippen LogP contribution in [0.4, 0.5) is 5.69 Å². The minimum atomic E-state index is -0.953. The average molecular weight is 413 g/mol. The molecular formula is C21H23N3O4S. The molecule has 0 saturated heterocycles. The van der Waals surface area contributed by atoms with E-state index in [0.717, 1.165) is 16.9 Å². The quantitative estimate of drug-likeness (QED) is 0.570. The van der Waals surface area contributed by atoms with E-state index in [0.29, 0.717) is 17.2 Å². The highest BCUT2D eigenvalue weighted by Crippen LogP contribution is 2.23. The standard InChI is InChI=1S/C21H23N3O4S/c1-14(21(26)23-16-9-5-7-11-18(16)27-2)28-20(25)12-24-17-10-6-4-8-15(17)22-19(24)13-29-3/h4-11,14H,12-13H2,1-3H3,(H,23,26)/t14-/m0/s1. The fourth-order valence-electron chi connectivity index (χ4n) is 2.94. The molecule has 0 bridgehead atoms. The number of para-hydroxylation sites is 4. The number of nitrogens with zero attached hydrogens (tertiary/aromatic N) is 2. The Labute approximate surface area is 173 Å². The number of ether oxygens (including phenoxy) is 2. The van der Waals surface area contributed by atoms with Crippen LogP contribution in [0.3, 0.4) is 0 Å². The first-order chi connectivity index (χ1) is 14.0. The molecule has 0 aliphatic carbocycles. The van der Waals surface area contributed by atoms with Crippen molar-refractivity contribution in [2.24, 2.45) is 0 Å². The lowest BCUT2D eigenvalue weighted by Gasteiger charge is -2.16. The van der Waals surface area contributed by atoms with E-state index in [1.54, 1.807) is 36.0 Å². The largest absolute Gasteiger partial charge is 0.495 e. The molecule has 8 heteroatoms. The zero-order valence-electron chi connectivity index (χ0n) is 16.5. The van der Waals surface area contributed by atoms with Crippen molar-refractivity contribution in [3.63, 3.8) is 0 Å². The number of hydrogen-bond acceptors (Lipinski definition) is 6. The van der Waals surface area contributed by atoms with Gasteiger partial charge >= 0.3 is 5.97 Å². The Hall–Kier alpha value is -3.00. The number of rotatable bonds is 8. The SMILES string of the molecule is COc1ccccc1NC(=O)[C@H](C)OC(=O)Cn1c(CSC)nc2ccccc21. The van der Waals surface area contributed by atoms with Crippen LogP contribution in [0, 0.1) is 0 Å². The third-order valence-corrected chi connectivity index (χ3v) is 4.88. The molecule has 1 heterocycles. The number of nitrogens with one attached hydrogen (secondary N) is 1. The Morgan fingerprint density at radius 1 is 1.17 bits per heavy atom. The summed E-state index contributed by atoms with van der Waals surface area (Å²) in [6.45, 7) is 1.53. The van der Waals surface area contributed by atoms with Gasteiger partial charge in [-0.15, -0.1) is 0 Å². The topological polar surface area (TPSA) is 82.5 Å². The summed E-state index contributed by atoms with van der Waals surface area (Å²) in [5.74, 6) is 1.07. The molecule has 1 atom stereocenters. The Kier molecular flexibility index (Phi) is 6.77. The molecule has 0 unspecified atom stereocenters. The van der Waals surface area contributed by atoms with Crippen molar-refractivity contribution in [1.29, 1.82) is 0 Å². The maximum absolute atomic E-state index is 12.5. The number of amides is 1. The molecule has 1 aromatic heterocycles. The van der Waals surface area contributed by atoms with Crippen LogP contribution in [-0.2, 0) is 26.6 Å². The first-order valence-electron chi connectivity index (χ1n) is 9.10. The lowest BCUT2D eigenvalue weighted by atomic mass is 10.2. The van der Waals surface area contributed by atoms with Gasteiger partial charge in [0.2, 0.25) is 0 Å². The van der Waals surface area contributed by atoms with Gasteiger partial charge in [-0.3, -0.25) is 9.59 Å². The van der Waals surface area contributed by atoms with Crippen molar-refractivity contribution in [3.05, 3.63) is 54.4 Å².